The van der Waals surface area contributed by atoms with Crippen LogP contribution in [-0.2, 0) is 30.6 Å². The number of halogens is 2. The number of alkyl halides is 2. The number of carbonyl (C=O) groups is 1. The molecule has 1 aliphatic heterocycles. The number of aliphatic hydroxyl groups is 1. The maximum Gasteiger partial charge on any atom is 0.323 e. The molecule has 4 aromatic rings. The second kappa shape index (κ2) is 13.4. The highest BCUT2D eigenvalue weighted by Gasteiger charge is 2.57. The van der Waals surface area contributed by atoms with Crippen molar-refractivity contribution in [2.75, 3.05) is 24.9 Å². The van der Waals surface area contributed by atoms with E-state index >= 15 is 4.39 Å². The molecule has 0 amide bonds. The summed E-state index contributed by atoms with van der Waals surface area (Å²) in [4.78, 5) is 25.8. The van der Waals surface area contributed by atoms with E-state index in [1.165, 1.54) is 10.9 Å². The smallest absolute Gasteiger partial charge is 0.323 e. The van der Waals surface area contributed by atoms with E-state index in [1.54, 1.807) is 46.9 Å². The number of aromatic nitrogens is 4. The minimum Gasteiger partial charge on any atom is -0.462 e. The Kier molecular flexibility index (Phi) is 9.95. The third-order valence-corrected chi connectivity index (χ3v) is 10.2. The van der Waals surface area contributed by atoms with Crippen LogP contribution in [0.15, 0.2) is 48.8 Å². The number of ether oxygens (including phenoxy) is 2. The molecule has 3 heterocycles. The zero-order valence-corrected chi connectivity index (χ0v) is 27.8. The fourth-order valence-corrected chi connectivity index (χ4v) is 7.74. The molecule has 0 radical (unpaired) electrons. The van der Waals surface area contributed by atoms with E-state index in [2.05, 4.69) is 25.4 Å². The molecule has 1 saturated heterocycles. The van der Waals surface area contributed by atoms with Crippen LogP contribution in [0.5, 0.6) is 5.75 Å². The number of rotatable bonds is 12. The highest BCUT2D eigenvalue weighted by Crippen LogP contribution is 2.50. The Morgan fingerprint density at radius 1 is 1.24 bits per heavy atom. The third kappa shape index (κ3) is 6.78. The normalized spacial score (nSPS) is 23.7. The van der Waals surface area contributed by atoms with Gasteiger partial charge >= 0.3 is 12.6 Å². The molecule has 242 valence electrons. The Morgan fingerprint density at radius 3 is 2.69 bits per heavy atom. The fourth-order valence-electron chi connectivity index (χ4n) is 5.00. The number of hydrogen-bond donors (Lipinski definition) is 3. The molecule has 0 aliphatic carbocycles. The SMILES string of the molecule is CNc1nc(C)nc2c1ncn2[C@@H]1O[C@](CCl)(CO[P@@](=S)(N[C@@H](C)C(=O)OC(C)C)Oc2cccc3ccccc23)[C@@H](O)[C@H]1F. The number of hydrogen-bond acceptors (Lipinski definition) is 11. The summed E-state index contributed by atoms with van der Waals surface area (Å²) in [5.74, 6) is 0.365. The molecule has 16 heteroatoms. The highest BCUT2D eigenvalue weighted by atomic mass is 35.5. The number of aryl methyl sites for hydroxylation is 1. The summed E-state index contributed by atoms with van der Waals surface area (Å²) < 4.78 is 41.3. The van der Waals surface area contributed by atoms with Crippen molar-refractivity contribution < 1.29 is 32.8 Å². The van der Waals surface area contributed by atoms with Gasteiger partial charge in [-0.1, -0.05) is 36.4 Å². The van der Waals surface area contributed by atoms with E-state index in [1.807, 2.05) is 30.3 Å². The van der Waals surface area contributed by atoms with Gasteiger partial charge in [-0.05, 0) is 51.0 Å². The number of nitrogens with zero attached hydrogens (tertiary/aromatic N) is 4. The molecule has 45 heavy (non-hydrogen) atoms. The average molecular weight is 681 g/mol. The minimum absolute atomic E-state index is 0.307. The Morgan fingerprint density at radius 2 is 1.98 bits per heavy atom. The predicted octanol–water partition coefficient (Wildman–Crippen LogP) is 4.78. The van der Waals surface area contributed by atoms with Gasteiger partial charge in [0.25, 0.3) is 0 Å². The molecule has 0 spiro atoms. The molecular formula is C29H35ClFN6O6PS. The lowest BCUT2D eigenvalue weighted by molar-refractivity contribution is -0.149. The highest BCUT2D eigenvalue weighted by molar-refractivity contribution is 8.09. The van der Waals surface area contributed by atoms with Crippen LogP contribution in [-0.4, -0.2) is 80.2 Å². The Balaban J connectivity index is 1.45. The summed E-state index contributed by atoms with van der Waals surface area (Å²) in [5, 5.41) is 18.8. The second-order valence-electron chi connectivity index (χ2n) is 11.0. The molecule has 1 aliphatic rings. The van der Waals surface area contributed by atoms with E-state index in [4.69, 9.17) is 41.9 Å². The summed E-state index contributed by atoms with van der Waals surface area (Å²) in [6, 6.07) is 12.0. The van der Waals surface area contributed by atoms with Gasteiger partial charge in [0.15, 0.2) is 29.4 Å². The van der Waals surface area contributed by atoms with Crippen molar-refractivity contribution in [1.29, 1.82) is 0 Å². The molecule has 0 bridgehead atoms. The van der Waals surface area contributed by atoms with Gasteiger partial charge < -0.3 is 28.9 Å². The number of esters is 1. The molecule has 12 nitrogen and oxygen atoms in total. The van der Waals surface area contributed by atoms with E-state index in [-0.39, 0.29) is 12.0 Å². The summed E-state index contributed by atoms with van der Waals surface area (Å²) >= 11 is 12.3. The van der Waals surface area contributed by atoms with E-state index in [0.29, 0.717) is 28.6 Å². The van der Waals surface area contributed by atoms with Gasteiger partial charge in [-0.25, -0.2) is 24.4 Å². The number of benzene rings is 2. The van der Waals surface area contributed by atoms with E-state index in [0.717, 1.165) is 10.8 Å². The maximum atomic E-state index is 15.9. The van der Waals surface area contributed by atoms with Crippen molar-refractivity contribution in [3.8, 4) is 5.75 Å². The molecule has 6 atom stereocenters. The Labute approximate surface area is 269 Å². The fraction of sp³-hybridized carbons (Fsp3) is 0.448. The predicted molar refractivity (Wildman–Crippen MR) is 173 cm³/mol. The number of anilines is 1. The maximum absolute atomic E-state index is 15.9. The lowest BCUT2D eigenvalue weighted by atomic mass is 9.99. The molecule has 2 aromatic heterocycles. The molecule has 0 unspecified atom stereocenters. The number of carbonyl (C=O) groups excluding carboxylic acids is 1. The first-order chi connectivity index (χ1) is 21.4. The van der Waals surface area contributed by atoms with Crippen LogP contribution < -0.4 is 14.9 Å². The van der Waals surface area contributed by atoms with Crippen LogP contribution >= 0.6 is 18.2 Å². The minimum atomic E-state index is -3.63. The zero-order chi connectivity index (χ0) is 32.5. The number of aliphatic hydroxyl groups excluding tert-OH is 1. The molecular weight excluding hydrogens is 646 g/mol. The van der Waals surface area contributed by atoms with Crippen molar-refractivity contribution in [3.63, 3.8) is 0 Å². The molecule has 3 N–H and O–H groups in total. The van der Waals surface area contributed by atoms with Gasteiger partial charge in [0, 0.05) is 12.4 Å². The lowest BCUT2D eigenvalue weighted by Crippen LogP contribution is -2.48. The van der Waals surface area contributed by atoms with E-state index in [9.17, 15) is 9.90 Å². The van der Waals surface area contributed by atoms with Crippen molar-refractivity contribution in [2.45, 2.75) is 63.9 Å². The number of imidazole rings is 1. The summed E-state index contributed by atoms with van der Waals surface area (Å²) in [6.45, 7) is 2.62. The van der Waals surface area contributed by atoms with Crippen LogP contribution in [0.1, 0.15) is 32.8 Å². The molecule has 2 aromatic carbocycles. The second-order valence-corrected chi connectivity index (χ2v) is 14.4. The number of fused-ring (bicyclic) bond motifs is 2. The van der Waals surface area contributed by atoms with Gasteiger partial charge in [-0.3, -0.25) is 9.36 Å². The van der Waals surface area contributed by atoms with Gasteiger partial charge in [0.2, 0.25) is 0 Å². The van der Waals surface area contributed by atoms with Crippen LogP contribution in [0.2, 0.25) is 0 Å². The largest absolute Gasteiger partial charge is 0.462 e. The van der Waals surface area contributed by atoms with E-state index < -0.39 is 49.4 Å². The van der Waals surface area contributed by atoms with Crippen molar-refractivity contribution >= 4 is 63.8 Å². The van der Waals surface area contributed by atoms with Gasteiger partial charge in [-0.2, -0.15) is 0 Å². The third-order valence-electron chi connectivity index (χ3n) is 7.24. The standard InChI is InChI=1S/C29H35ClFN6O6PS/c1-16(2)41-28(39)17(3)36-44(45,43-21-12-8-10-19-9-6-7-11-20(19)21)40-14-29(13-30)24(38)22(31)27(42-29)37-15-33-23-25(32-5)34-18(4)35-26(23)37/h6-12,15-17,22,24,27,38H,13-14H2,1-5H3,(H,36,45)(H,32,34,35)/t17-,22+,24-,27+,29+,44-/m0/s1. The molecule has 0 saturated carbocycles. The van der Waals surface area contributed by atoms with Crippen LogP contribution in [0.3, 0.4) is 0 Å². The number of nitrogens with one attached hydrogen (secondary N) is 2. The summed E-state index contributed by atoms with van der Waals surface area (Å²) in [5.41, 5.74) is -1.05. The van der Waals surface area contributed by atoms with Gasteiger partial charge in [0.1, 0.15) is 29.3 Å². The lowest BCUT2D eigenvalue weighted by Gasteiger charge is -2.33. The monoisotopic (exact) mass is 680 g/mol. The first-order valence-electron chi connectivity index (χ1n) is 14.3. The molecule has 5 rings (SSSR count). The Bertz CT molecular complexity index is 1740. The van der Waals surface area contributed by atoms with Crippen molar-refractivity contribution in [2.24, 2.45) is 0 Å². The van der Waals surface area contributed by atoms with Crippen LogP contribution in [0, 0.1) is 6.92 Å². The van der Waals surface area contributed by atoms with Gasteiger partial charge in [0.05, 0.1) is 24.9 Å². The first kappa shape index (κ1) is 33.4. The summed E-state index contributed by atoms with van der Waals surface area (Å²) in [7, 11) is 1.69. The quantitative estimate of drug-likeness (QED) is 0.108. The van der Waals surface area contributed by atoms with Crippen molar-refractivity contribution in [3.05, 3.63) is 54.6 Å². The topological polar surface area (TPSA) is 142 Å². The van der Waals surface area contributed by atoms with Crippen LogP contribution in [0.4, 0.5) is 10.2 Å². The first-order valence-corrected chi connectivity index (χ1v) is 17.4. The average Bonchev–Trinajstić information content (AvgIpc) is 3.54. The summed E-state index contributed by atoms with van der Waals surface area (Å²) in [6.07, 6.45) is -4.02. The van der Waals surface area contributed by atoms with Crippen molar-refractivity contribution in [1.82, 2.24) is 24.6 Å². The zero-order valence-electron chi connectivity index (χ0n) is 25.3. The molecule has 1 fully saturated rings. The van der Waals surface area contributed by atoms with Gasteiger partial charge in [-0.15, -0.1) is 11.6 Å². The van der Waals surface area contributed by atoms with Crippen LogP contribution in [0.25, 0.3) is 21.9 Å². The Hall–Kier alpha value is -2.97.